The van der Waals surface area contributed by atoms with Gasteiger partial charge in [-0.1, -0.05) is 0 Å². The zero-order valence-electron chi connectivity index (χ0n) is 9.71. The third-order valence-electron chi connectivity index (χ3n) is 2.49. The molecule has 0 aliphatic rings. The van der Waals surface area contributed by atoms with E-state index in [1.165, 1.54) is 6.07 Å². The van der Waals surface area contributed by atoms with Crippen LogP contribution in [0.25, 0.3) is 0 Å². The predicted molar refractivity (Wildman–Crippen MR) is 68.5 cm³/mol. The van der Waals surface area contributed by atoms with Crippen LogP contribution in [0.5, 0.6) is 0 Å². The smallest absolute Gasteiger partial charge is 0.337 e. The van der Waals surface area contributed by atoms with E-state index in [4.69, 9.17) is 10.8 Å². The predicted octanol–water partition coefficient (Wildman–Crippen LogP) is 1.28. The molecular weight excluding hydrogens is 232 g/mol. The van der Waals surface area contributed by atoms with Crippen molar-refractivity contribution < 1.29 is 9.90 Å². The number of hydrogen-bond donors (Lipinski definition) is 3. The number of carbonyl (C=O) groups is 1. The van der Waals surface area contributed by atoms with E-state index in [1.807, 2.05) is 12.3 Å². The summed E-state index contributed by atoms with van der Waals surface area (Å²) in [5.74, 6) is -0.975. The highest BCUT2D eigenvalue weighted by atomic mass is 16.4. The van der Waals surface area contributed by atoms with Crippen molar-refractivity contribution in [3.63, 3.8) is 0 Å². The number of nitrogen functional groups attached to an aromatic ring is 1. The lowest BCUT2D eigenvalue weighted by Crippen LogP contribution is -2.13. The van der Waals surface area contributed by atoms with E-state index in [-0.39, 0.29) is 5.56 Å². The number of aromatic carboxylic acids is 1. The van der Waals surface area contributed by atoms with Gasteiger partial charge in [0, 0.05) is 24.6 Å². The van der Waals surface area contributed by atoms with Gasteiger partial charge in [0.25, 0.3) is 0 Å². The minimum absolute atomic E-state index is 0.213. The van der Waals surface area contributed by atoms with Crippen LogP contribution in [0.3, 0.4) is 0 Å². The van der Waals surface area contributed by atoms with E-state index in [0.717, 1.165) is 0 Å². The number of anilines is 2. The molecule has 0 amide bonds. The Hall–Kier alpha value is -2.50. The highest BCUT2D eigenvalue weighted by Crippen LogP contribution is 2.19. The largest absolute Gasteiger partial charge is 0.478 e. The lowest BCUT2D eigenvalue weighted by Gasteiger charge is -2.10. The first kappa shape index (κ1) is 12.0. The maximum Gasteiger partial charge on any atom is 0.337 e. The second kappa shape index (κ2) is 5.22. The summed E-state index contributed by atoms with van der Waals surface area (Å²) < 4.78 is 1.76. The summed E-state index contributed by atoms with van der Waals surface area (Å²) in [6, 6.07) is 6.52. The van der Waals surface area contributed by atoms with E-state index in [9.17, 15) is 4.79 Å². The Morgan fingerprint density at radius 1 is 1.50 bits per heavy atom. The monoisotopic (exact) mass is 246 g/mol. The molecule has 0 spiro atoms. The van der Waals surface area contributed by atoms with Gasteiger partial charge in [0.1, 0.15) is 0 Å². The van der Waals surface area contributed by atoms with Crippen LogP contribution in [0.1, 0.15) is 10.4 Å². The summed E-state index contributed by atoms with van der Waals surface area (Å²) >= 11 is 0. The van der Waals surface area contributed by atoms with E-state index in [2.05, 4.69) is 10.4 Å². The molecule has 1 aromatic heterocycles. The van der Waals surface area contributed by atoms with Gasteiger partial charge in [0.2, 0.25) is 0 Å². The zero-order chi connectivity index (χ0) is 13.0. The molecule has 2 aromatic rings. The average molecular weight is 246 g/mol. The van der Waals surface area contributed by atoms with Crippen LogP contribution in [0.2, 0.25) is 0 Å². The molecule has 18 heavy (non-hydrogen) atoms. The molecule has 0 bridgehead atoms. The summed E-state index contributed by atoms with van der Waals surface area (Å²) in [5, 5.41) is 16.2. The second-order valence-electron chi connectivity index (χ2n) is 3.81. The molecule has 4 N–H and O–H groups in total. The molecule has 0 unspecified atom stereocenters. The second-order valence-corrected chi connectivity index (χ2v) is 3.81. The summed E-state index contributed by atoms with van der Waals surface area (Å²) in [4.78, 5) is 11.0. The van der Waals surface area contributed by atoms with Crippen molar-refractivity contribution in [2.24, 2.45) is 0 Å². The van der Waals surface area contributed by atoms with Gasteiger partial charge < -0.3 is 16.2 Å². The minimum Gasteiger partial charge on any atom is -0.478 e. The number of nitrogens with one attached hydrogen (secondary N) is 1. The molecule has 0 aliphatic carbocycles. The van der Waals surface area contributed by atoms with E-state index in [0.29, 0.717) is 24.5 Å². The normalized spacial score (nSPS) is 10.2. The molecule has 6 heteroatoms. The topological polar surface area (TPSA) is 93.2 Å². The fraction of sp³-hybridized carbons (Fsp3) is 0.167. The van der Waals surface area contributed by atoms with Crippen molar-refractivity contribution in [1.82, 2.24) is 9.78 Å². The maximum absolute atomic E-state index is 11.0. The first-order chi connectivity index (χ1) is 8.66. The number of aromatic nitrogens is 2. The van der Waals surface area contributed by atoms with Gasteiger partial charge in [-0.2, -0.15) is 5.10 Å². The summed E-state index contributed by atoms with van der Waals surface area (Å²) in [6.07, 6.45) is 3.54. The molecular formula is C12H14N4O2. The van der Waals surface area contributed by atoms with E-state index >= 15 is 0 Å². The zero-order valence-corrected chi connectivity index (χ0v) is 9.71. The molecule has 2 rings (SSSR count). The summed E-state index contributed by atoms with van der Waals surface area (Å²) in [6.45, 7) is 1.23. The fourth-order valence-corrected chi connectivity index (χ4v) is 1.63. The Bertz CT molecular complexity index is 537. The molecule has 6 nitrogen and oxygen atoms in total. The van der Waals surface area contributed by atoms with E-state index in [1.54, 1.807) is 23.0 Å². The Morgan fingerprint density at radius 2 is 2.33 bits per heavy atom. The Morgan fingerprint density at radius 3 is 3.00 bits per heavy atom. The van der Waals surface area contributed by atoms with Crippen LogP contribution in [-0.4, -0.2) is 27.4 Å². The molecule has 94 valence electrons. The van der Waals surface area contributed by atoms with Gasteiger partial charge in [0.15, 0.2) is 0 Å². The molecule has 0 aliphatic heterocycles. The van der Waals surface area contributed by atoms with Crippen molar-refractivity contribution in [2.75, 3.05) is 17.6 Å². The Balaban J connectivity index is 2.03. The highest BCUT2D eigenvalue weighted by Gasteiger charge is 2.09. The average Bonchev–Trinajstić information content (AvgIpc) is 2.82. The van der Waals surface area contributed by atoms with Crippen molar-refractivity contribution in [1.29, 1.82) is 0 Å². The van der Waals surface area contributed by atoms with Gasteiger partial charge in [0.05, 0.1) is 17.8 Å². The van der Waals surface area contributed by atoms with Crippen LogP contribution in [0, 0.1) is 0 Å². The molecule has 0 saturated heterocycles. The third-order valence-corrected chi connectivity index (χ3v) is 2.49. The van der Waals surface area contributed by atoms with Crippen molar-refractivity contribution in [3.8, 4) is 0 Å². The molecule has 1 aromatic carbocycles. The van der Waals surface area contributed by atoms with Crippen LogP contribution in [0.15, 0.2) is 36.7 Å². The quantitative estimate of drug-likeness (QED) is 0.691. The minimum atomic E-state index is -0.975. The van der Waals surface area contributed by atoms with Crippen molar-refractivity contribution in [2.45, 2.75) is 6.54 Å². The number of benzene rings is 1. The number of carboxylic acid groups (broad SMARTS) is 1. The fourth-order valence-electron chi connectivity index (χ4n) is 1.63. The first-order valence-corrected chi connectivity index (χ1v) is 5.51. The number of carboxylic acids is 1. The number of nitrogens with zero attached hydrogens (tertiary/aromatic N) is 2. The van der Waals surface area contributed by atoms with Gasteiger partial charge >= 0.3 is 5.97 Å². The van der Waals surface area contributed by atoms with Crippen LogP contribution < -0.4 is 11.1 Å². The molecule has 0 fully saturated rings. The Labute approximate surface area is 104 Å². The number of nitrogens with two attached hydrogens (primary N) is 1. The lowest BCUT2D eigenvalue weighted by molar-refractivity contribution is 0.0698. The maximum atomic E-state index is 11.0. The standard InChI is InChI=1S/C12H14N4O2/c13-9-2-3-10(12(17)18)11(8-9)14-5-7-16-6-1-4-15-16/h1-4,6,8,14H,5,7,13H2,(H,17,18). The van der Waals surface area contributed by atoms with Crippen LogP contribution in [0.4, 0.5) is 11.4 Å². The molecule has 0 atom stereocenters. The van der Waals surface area contributed by atoms with Gasteiger partial charge in [-0.25, -0.2) is 4.79 Å². The van der Waals surface area contributed by atoms with Crippen molar-refractivity contribution in [3.05, 3.63) is 42.2 Å². The molecule has 0 radical (unpaired) electrons. The third kappa shape index (κ3) is 2.79. The number of hydrogen-bond acceptors (Lipinski definition) is 4. The van der Waals surface area contributed by atoms with Gasteiger partial charge in [-0.3, -0.25) is 4.68 Å². The van der Waals surface area contributed by atoms with Crippen molar-refractivity contribution >= 4 is 17.3 Å². The van der Waals surface area contributed by atoms with Crippen LogP contribution >= 0.6 is 0 Å². The van der Waals surface area contributed by atoms with E-state index < -0.39 is 5.97 Å². The van der Waals surface area contributed by atoms with Gasteiger partial charge in [-0.05, 0) is 24.3 Å². The molecule has 1 heterocycles. The van der Waals surface area contributed by atoms with Crippen LogP contribution in [-0.2, 0) is 6.54 Å². The number of rotatable bonds is 5. The van der Waals surface area contributed by atoms with Gasteiger partial charge in [-0.15, -0.1) is 0 Å². The summed E-state index contributed by atoms with van der Waals surface area (Å²) in [7, 11) is 0. The highest BCUT2D eigenvalue weighted by molar-refractivity contribution is 5.95. The lowest BCUT2D eigenvalue weighted by atomic mass is 10.1. The molecule has 0 saturated carbocycles. The first-order valence-electron chi connectivity index (χ1n) is 5.51. The summed E-state index contributed by atoms with van der Waals surface area (Å²) in [5.41, 5.74) is 6.91. The SMILES string of the molecule is Nc1ccc(C(=O)O)c(NCCn2cccn2)c1. The Kier molecular flexibility index (Phi) is 3.47.